The number of anilines is 1. The molecule has 0 saturated carbocycles. The van der Waals surface area contributed by atoms with Crippen LogP contribution in [0, 0.1) is 0 Å². The topological polar surface area (TPSA) is 109 Å². The van der Waals surface area contributed by atoms with Crippen LogP contribution < -0.4 is 14.5 Å². The quantitative estimate of drug-likeness (QED) is 0.464. The van der Waals surface area contributed by atoms with Crippen molar-refractivity contribution >= 4 is 21.6 Å². The first kappa shape index (κ1) is 19.9. The number of hydroxylamine groups is 1. The van der Waals surface area contributed by atoms with Gasteiger partial charge in [-0.25, -0.2) is 13.9 Å². The number of amides is 1. The molecule has 1 amide bonds. The van der Waals surface area contributed by atoms with Gasteiger partial charge in [-0.3, -0.25) is 19.3 Å². The summed E-state index contributed by atoms with van der Waals surface area (Å²) in [6, 6.07) is 16.1. The Morgan fingerprint density at radius 3 is 2.47 bits per heavy atom. The maximum atomic E-state index is 13.2. The number of hydrogen-bond acceptors (Lipinski definition) is 6. The number of carbonyl (C=O) groups is 1. The molecule has 154 valence electrons. The van der Waals surface area contributed by atoms with Crippen LogP contribution in [0.2, 0.25) is 0 Å². The van der Waals surface area contributed by atoms with Crippen molar-refractivity contribution < 1.29 is 23.2 Å². The Labute approximate surface area is 173 Å². The van der Waals surface area contributed by atoms with Crippen LogP contribution in [-0.4, -0.2) is 24.5 Å². The number of fused-ring (bicyclic) bond motifs is 1. The number of nitrogens with zero attached hydrogens (tertiary/aromatic N) is 2. The highest BCUT2D eigenvalue weighted by atomic mass is 32.2. The number of hydrogen-bond donors (Lipinski definition) is 2. The normalized spacial score (nSPS) is 16.7. The van der Waals surface area contributed by atoms with E-state index in [4.69, 9.17) is 9.94 Å². The van der Waals surface area contributed by atoms with Gasteiger partial charge in [0.25, 0.3) is 10.0 Å². The third kappa shape index (κ3) is 3.72. The minimum atomic E-state index is -3.85. The molecule has 3 aromatic rings. The van der Waals surface area contributed by atoms with Gasteiger partial charge in [-0.15, -0.1) is 0 Å². The maximum Gasteiger partial charge on any atom is 0.265 e. The predicted octanol–water partition coefficient (Wildman–Crippen LogP) is 2.81. The van der Waals surface area contributed by atoms with Gasteiger partial charge in [-0.1, -0.05) is 18.2 Å². The van der Waals surface area contributed by atoms with E-state index < -0.39 is 22.0 Å². The van der Waals surface area contributed by atoms with E-state index in [9.17, 15) is 13.2 Å². The molecule has 1 unspecified atom stereocenters. The molecule has 0 saturated heterocycles. The van der Waals surface area contributed by atoms with E-state index in [1.165, 1.54) is 10.4 Å². The van der Waals surface area contributed by atoms with Crippen LogP contribution in [0.3, 0.4) is 0 Å². The molecule has 0 radical (unpaired) electrons. The summed E-state index contributed by atoms with van der Waals surface area (Å²) >= 11 is 0. The molecular formula is C21H19N3O5S. The zero-order valence-corrected chi connectivity index (χ0v) is 16.6. The van der Waals surface area contributed by atoms with Gasteiger partial charge in [0.15, 0.2) is 0 Å². The fourth-order valence-electron chi connectivity index (χ4n) is 3.46. The molecule has 0 aliphatic carbocycles. The SMILES string of the molecule is O=C(CC1c2ccccc2S(=O)(=O)N1c1ccc(OCc2ccncc2)cc1)NO. The predicted molar refractivity (Wildman–Crippen MR) is 108 cm³/mol. The second kappa shape index (κ2) is 8.13. The highest BCUT2D eigenvalue weighted by Gasteiger charge is 2.43. The van der Waals surface area contributed by atoms with E-state index in [1.807, 2.05) is 12.1 Å². The van der Waals surface area contributed by atoms with Gasteiger partial charge in [0, 0.05) is 12.4 Å². The number of aromatic nitrogens is 1. The molecule has 8 nitrogen and oxygen atoms in total. The van der Waals surface area contributed by atoms with Crippen molar-refractivity contribution in [3.8, 4) is 5.75 Å². The molecular weight excluding hydrogens is 406 g/mol. The Kier molecular flexibility index (Phi) is 5.39. The van der Waals surface area contributed by atoms with Crippen molar-refractivity contribution in [3.63, 3.8) is 0 Å². The van der Waals surface area contributed by atoms with E-state index in [0.29, 0.717) is 23.6 Å². The fraction of sp³-hybridized carbons (Fsp3) is 0.143. The minimum absolute atomic E-state index is 0.152. The summed E-state index contributed by atoms with van der Waals surface area (Å²) in [5.41, 5.74) is 3.45. The number of pyridine rings is 1. The van der Waals surface area contributed by atoms with E-state index in [0.717, 1.165) is 5.56 Å². The number of nitrogens with one attached hydrogen (secondary N) is 1. The zero-order valence-electron chi connectivity index (χ0n) is 15.8. The molecule has 1 aliphatic heterocycles. The second-order valence-electron chi connectivity index (χ2n) is 6.73. The lowest BCUT2D eigenvalue weighted by Crippen LogP contribution is -2.32. The van der Waals surface area contributed by atoms with E-state index in [2.05, 4.69) is 4.98 Å². The Hall–Kier alpha value is -3.43. The lowest BCUT2D eigenvalue weighted by Gasteiger charge is -2.25. The number of benzene rings is 2. The molecule has 0 spiro atoms. The van der Waals surface area contributed by atoms with Crippen molar-refractivity contribution in [2.24, 2.45) is 0 Å². The highest BCUT2D eigenvalue weighted by Crippen LogP contribution is 2.44. The van der Waals surface area contributed by atoms with Crippen LogP contribution in [0.25, 0.3) is 0 Å². The van der Waals surface area contributed by atoms with Gasteiger partial charge in [0.1, 0.15) is 12.4 Å². The van der Waals surface area contributed by atoms with E-state index in [-0.39, 0.29) is 11.3 Å². The molecule has 9 heteroatoms. The first-order valence-corrected chi connectivity index (χ1v) is 10.6. The molecule has 0 fully saturated rings. The molecule has 2 N–H and O–H groups in total. The smallest absolute Gasteiger partial charge is 0.265 e. The van der Waals surface area contributed by atoms with Crippen molar-refractivity contribution in [3.05, 3.63) is 84.2 Å². The summed E-state index contributed by atoms with van der Waals surface area (Å²) in [6.07, 6.45) is 3.15. The first-order valence-electron chi connectivity index (χ1n) is 9.19. The summed E-state index contributed by atoms with van der Waals surface area (Å²) in [4.78, 5) is 15.9. The molecule has 2 aromatic carbocycles. The zero-order chi connectivity index (χ0) is 21.1. The van der Waals surface area contributed by atoms with Gasteiger partial charge in [0.05, 0.1) is 23.0 Å². The van der Waals surface area contributed by atoms with Crippen molar-refractivity contribution in [2.75, 3.05) is 4.31 Å². The summed E-state index contributed by atoms with van der Waals surface area (Å²) in [5, 5.41) is 8.93. The highest BCUT2D eigenvalue weighted by molar-refractivity contribution is 7.93. The average molecular weight is 425 g/mol. The Bertz CT molecular complexity index is 1150. The number of carbonyl (C=O) groups excluding carboxylic acids is 1. The minimum Gasteiger partial charge on any atom is -0.489 e. The lowest BCUT2D eigenvalue weighted by molar-refractivity contribution is -0.129. The summed E-state index contributed by atoms with van der Waals surface area (Å²) in [6.45, 7) is 0.356. The van der Waals surface area contributed by atoms with Crippen LogP contribution in [0.4, 0.5) is 5.69 Å². The van der Waals surface area contributed by atoms with Crippen LogP contribution in [0.15, 0.2) is 78.0 Å². The molecule has 1 aromatic heterocycles. The Morgan fingerprint density at radius 2 is 1.77 bits per heavy atom. The third-order valence-electron chi connectivity index (χ3n) is 4.85. The van der Waals surface area contributed by atoms with Gasteiger partial charge < -0.3 is 4.74 Å². The van der Waals surface area contributed by atoms with Crippen LogP contribution in [0.1, 0.15) is 23.6 Å². The molecule has 4 rings (SSSR count). The molecule has 0 bridgehead atoms. The van der Waals surface area contributed by atoms with Crippen LogP contribution >= 0.6 is 0 Å². The van der Waals surface area contributed by atoms with Crippen LogP contribution in [0.5, 0.6) is 5.75 Å². The summed E-state index contributed by atoms with van der Waals surface area (Å²) in [5.74, 6) is -0.0940. The second-order valence-corrected chi connectivity index (χ2v) is 8.51. The molecule has 2 heterocycles. The number of sulfonamides is 1. The van der Waals surface area contributed by atoms with Gasteiger partial charge >= 0.3 is 0 Å². The average Bonchev–Trinajstić information content (AvgIpc) is 3.00. The number of rotatable bonds is 6. The lowest BCUT2D eigenvalue weighted by atomic mass is 10.0. The van der Waals surface area contributed by atoms with Gasteiger partial charge in [0.2, 0.25) is 5.91 Å². The van der Waals surface area contributed by atoms with Crippen molar-refractivity contribution in [1.82, 2.24) is 10.5 Å². The maximum absolute atomic E-state index is 13.2. The van der Waals surface area contributed by atoms with Crippen molar-refractivity contribution in [1.29, 1.82) is 0 Å². The molecule has 1 aliphatic rings. The Morgan fingerprint density at radius 1 is 1.07 bits per heavy atom. The van der Waals surface area contributed by atoms with Gasteiger partial charge in [-0.2, -0.15) is 0 Å². The fourth-order valence-corrected chi connectivity index (χ4v) is 5.35. The standard InChI is InChI=1S/C21H19N3O5S/c25-21(23-26)13-19-18-3-1-2-4-20(18)30(27,28)24(19)16-5-7-17(8-6-16)29-14-15-9-11-22-12-10-15/h1-12,19,26H,13-14H2,(H,23,25). The molecule has 30 heavy (non-hydrogen) atoms. The first-order chi connectivity index (χ1) is 14.5. The van der Waals surface area contributed by atoms with Gasteiger partial charge in [-0.05, 0) is 53.6 Å². The summed E-state index contributed by atoms with van der Waals surface area (Å²) < 4.78 is 33.3. The Balaban J connectivity index is 1.61. The molecule has 1 atom stereocenters. The van der Waals surface area contributed by atoms with E-state index in [1.54, 1.807) is 60.3 Å². The largest absolute Gasteiger partial charge is 0.489 e. The monoisotopic (exact) mass is 425 g/mol. The van der Waals surface area contributed by atoms with Crippen molar-refractivity contribution in [2.45, 2.75) is 24.0 Å². The third-order valence-corrected chi connectivity index (χ3v) is 6.76. The number of ether oxygens (including phenoxy) is 1. The summed E-state index contributed by atoms with van der Waals surface area (Å²) in [7, 11) is -3.85. The van der Waals surface area contributed by atoms with Crippen LogP contribution in [-0.2, 0) is 21.4 Å². The van der Waals surface area contributed by atoms with E-state index >= 15 is 0 Å².